The summed E-state index contributed by atoms with van der Waals surface area (Å²) in [5.41, 5.74) is 1.79. The number of hydrogen-bond donors (Lipinski definition) is 1. The average molecular weight is 295 g/mol. The Morgan fingerprint density at radius 3 is 2.77 bits per heavy atom. The van der Waals surface area contributed by atoms with Gasteiger partial charge in [0.15, 0.2) is 0 Å². The van der Waals surface area contributed by atoms with Crippen LogP contribution in [-0.2, 0) is 16.1 Å². The van der Waals surface area contributed by atoms with Gasteiger partial charge < -0.3 is 10.2 Å². The molecule has 1 atom stereocenters. The van der Waals surface area contributed by atoms with Gasteiger partial charge >= 0.3 is 0 Å². The van der Waals surface area contributed by atoms with Crippen molar-refractivity contribution in [2.75, 3.05) is 11.4 Å². The van der Waals surface area contributed by atoms with Crippen LogP contribution in [0.25, 0.3) is 0 Å². The molecule has 0 saturated carbocycles. The summed E-state index contributed by atoms with van der Waals surface area (Å²) in [6, 6.07) is 13.2. The standard InChI is InChI=1S/C17H17N3O2/c21-16-9-14(12-20(16)15-6-2-1-3-7-15)17(22)19-11-13-5-4-8-18-10-13/h1-8,10,14H,9,11-12H2,(H,19,22)/t14-/m1/s1. The number of aromatic nitrogens is 1. The smallest absolute Gasteiger partial charge is 0.227 e. The van der Waals surface area contributed by atoms with Crippen molar-refractivity contribution >= 4 is 17.5 Å². The normalized spacial score (nSPS) is 17.5. The number of hydrogen-bond acceptors (Lipinski definition) is 3. The molecule has 0 bridgehead atoms. The number of pyridine rings is 1. The number of para-hydroxylation sites is 1. The van der Waals surface area contributed by atoms with E-state index in [1.54, 1.807) is 17.3 Å². The van der Waals surface area contributed by atoms with E-state index < -0.39 is 0 Å². The second-order valence-corrected chi connectivity index (χ2v) is 5.32. The van der Waals surface area contributed by atoms with Crippen molar-refractivity contribution in [3.8, 4) is 0 Å². The molecule has 1 aromatic carbocycles. The number of anilines is 1. The topological polar surface area (TPSA) is 62.3 Å². The third kappa shape index (κ3) is 3.14. The van der Waals surface area contributed by atoms with Crippen LogP contribution in [-0.4, -0.2) is 23.3 Å². The van der Waals surface area contributed by atoms with Crippen LogP contribution < -0.4 is 10.2 Å². The van der Waals surface area contributed by atoms with Crippen LogP contribution in [0.3, 0.4) is 0 Å². The lowest BCUT2D eigenvalue weighted by Gasteiger charge is -2.16. The Balaban J connectivity index is 1.59. The Hall–Kier alpha value is -2.69. The minimum Gasteiger partial charge on any atom is -0.352 e. The number of benzene rings is 1. The van der Waals surface area contributed by atoms with Crippen molar-refractivity contribution < 1.29 is 9.59 Å². The molecule has 112 valence electrons. The molecule has 5 nitrogen and oxygen atoms in total. The SMILES string of the molecule is O=C(NCc1cccnc1)[C@@H]1CC(=O)N(c2ccccc2)C1. The van der Waals surface area contributed by atoms with E-state index in [1.165, 1.54) is 0 Å². The van der Waals surface area contributed by atoms with E-state index in [0.29, 0.717) is 13.1 Å². The lowest BCUT2D eigenvalue weighted by atomic mass is 10.1. The molecule has 0 unspecified atom stereocenters. The molecular weight excluding hydrogens is 278 g/mol. The largest absolute Gasteiger partial charge is 0.352 e. The second kappa shape index (κ2) is 6.39. The fourth-order valence-electron chi connectivity index (χ4n) is 2.58. The summed E-state index contributed by atoms with van der Waals surface area (Å²) in [4.78, 5) is 30.0. The van der Waals surface area contributed by atoms with E-state index in [2.05, 4.69) is 10.3 Å². The van der Waals surface area contributed by atoms with Crippen LogP contribution in [0.4, 0.5) is 5.69 Å². The molecule has 0 spiro atoms. The van der Waals surface area contributed by atoms with Gasteiger partial charge in [0.05, 0.1) is 5.92 Å². The Morgan fingerprint density at radius 2 is 2.05 bits per heavy atom. The lowest BCUT2D eigenvalue weighted by molar-refractivity contribution is -0.126. The van der Waals surface area contributed by atoms with Crippen molar-refractivity contribution in [2.45, 2.75) is 13.0 Å². The predicted molar refractivity (Wildman–Crippen MR) is 83.0 cm³/mol. The van der Waals surface area contributed by atoms with E-state index in [0.717, 1.165) is 11.3 Å². The Bertz CT molecular complexity index is 658. The summed E-state index contributed by atoms with van der Waals surface area (Å²) < 4.78 is 0. The van der Waals surface area contributed by atoms with Gasteiger partial charge in [-0.25, -0.2) is 0 Å². The van der Waals surface area contributed by atoms with Gasteiger partial charge in [-0.15, -0.1) is 0 Å². The van der Waals surface area contributed by atoms with Crippen LogP contribution in [0.15, 0.2) is 54.9 Å². The highest BCUT2D eigenvalue weighted by Gasteiger charge is 2.34. The highest BCUT2D eigenvalue weighted by atomic mass is 16.2. The molecule has 3 rings (SSSR count). The van der Waals surface area contributed by atoms with E-state index in [4.69, 9.17) is 0 Å². The summed E-state index contributed by atoms with van der Waals surface area (Å²) in [6.45, 7) is 0.865. The molecule has 1 fully saturated rings. The number of nitrogens with one attached hydrogen (secondary N) is 1. The quantitative estimate of drug-likeness (QED) is 0.934. The average Bonchev–Trinajstić information content (AvgIpc) is 2.96. The van der Waals surface area contributed by atoms with Gasteiger partial charge in [0.2, 0.25) is 11.8 Å². The van der Waals surface area contributed by atoms with E-state index in [-0.39, 0.29) is 24.2 Å². The van der Waals surface area contributed by atoms with Crippen LogP contribution in [0.1, 0.15) is 12.0 Å². The first-order valence-electron chi connectivity index (χ1n) is 7.26. The number of carbonyl (C=O) groups excluding carboxylic acids is 2. The highest BCUT2D eigenvalue weighted by molar-refractivity contribution is 6.00. The second-order valence-electron chi connectivity index (χ2n) is 5.32. The molecule has 0 radical (unpaired) electrons. The first-order chi connectivity index (χ1) is 10.7. The van der Waals surface area contributed by atoms with Gasteiger partial charge in [-0.2, -0.15) is 0 Å². The minimum absolute atomic E-state index is 0.00673. The Labute approximate surface area is 129 Å². The third-order valence-corrected chi connectivity index (χ3v) is 3.75. The van der Waals surface area contributed by atoms with Gasteiger partial charge in [0, 0.05) is 37.6 Å². The molecule has 2 aromatic rings. The predicted octanol–water partition coefficient (Wildman–Crippen LogP) is 1.75. The molecule has 2 heterocycles. The van der Waals surface area contributed by atoms with E-state index in [9.17, 15) is 9.59 Å². The Kier molecular flexibility index (Phi) is 4.14. The molecular formula is C17H17N3O2. The maximum absolute atomic E-state index is 12.2. The van der Waals surface area contributed by atoms with Crippen molar-refractivity contribution in [3.63, 3.8) is 0 Å². The zero-order chi connectivity index (χ0) is 15.4. The van der Waals surface area contributed by atoms with E-state index >= 15 is 0 Å². The number of rotatable bonds is 4. The van der Waals surface area contributed by atoms with Gasteiger partial charge in [-0.3, -0.25) is 14.6 Å². The molecule has 1 saturated heterocycles. The number of amides is 2. The van der Waals surface area contributed by atoms with Gasteiger partial charge in [-0.05, 0) is 23.8 Å². The fourth-order valence-corrected chi connectivity index (χ4v) is 2.58. The zero-order valence-electron chi connectivity index (χ0n) is 12.1. The first-order valence-corrected chi connectivity index (χ1v) is 7.26. The van der Waals surface area contributed by atoms with Crippen LogP contribution in [0, 0.1) is 5.92 Å². The van der Waals surface area contributed by atoms with Crippen molar-refractivity contribution in [1.29, 1.82) is 0 Å². The zero-order valence-corrected chi connectivity index (χ0v) is 12.1. The van der Waals surface area contributed by atoms with Crippen molar-refractivity contribution in [2.24, 2.45) is 5.92 Å². The van der Waals surface area contributed by atoms with Gasteiger partial charge in [0.1, 0.15) is 0 Å². The molecule has 1 aliphatic rings. The minimum atomic E-state index is -0.302. The summed E-state index contributed by atoms with van der Waals surface area (Å²) in [5.74, 6) is -0.396. The monoisotopic (exact) mass is 295 g/mol. The molecule has 1 N–H and O–H groups in total. The van der Waals surface area contributed by atoms with Crippen LogP contribution in [0.2, 0.25) is 0 Å². The van der Waals surface area contributed by atoms with Crippen LogP contribution in [0.5, 0.6) is 0 Å². The molecule has 1 aliphatic heterocycles. The third-order valence-electron chi connectivity index (χ3n) is 3.75. The number of carbonyl (C=O) groups is 2. The maximum Gasteiger partial charge on any atom is 0.227 e. The lowest BCUT2D eigenvalue weighted by Crippen LogP contribution is -2.32. The molecule has 2 amide bonds. The summed E-state index contributed by atoms with van der Waals surface area (Å²) in [7, 11) is 0. The molecule has 1 aromatic heterocycles. The van der Waals surface area contributed by atoms with Crippen LogP contribution >= 0.6 is 0 Å². The first kappa shape index (κ1) is 14.3. The van der Waals surface area contributed by atoms with Gasteiger partial charge in [0.25, 0.3) is 0 Å². The van der Waals surface area contributed by atoms with Crippen molar-refractivity contribution in [3.05, 3.63) is 60.4 Å². The fraction of sp³-hybridized carbons (Fsp3) is 0.235. The summed E-state index contributed by atoms with van der Waals surface area (Å²) >= 11 is 0. The molecule has 5 heteroatoms. The maximum atomic E-state index is 12.2. The van der Waals surface area contributed by atoms with E-state index in [1.807, 2.05) is 42.5 Å². The summed E-state index contributed by atoms with van der Waals surface area (Å²) in [6.07, 6.45) is 3.67. The van der Waals surface area contributed by atoms with Crippen molar-refractivity contribution in [1.82, 2.24) is 10.3 Å². The molecule has 0 aliphatic carbocycles. The number of nitrogens with zero attached hydrogens (tertiary/aromatic N) is 2. The molecule has 22 heavy (non-hydrogen) atoms. The summed E-state index contributed by atoms with van der Waals surface area (Å²) in [5, 5.41) is 2.88. The Morgan fingerprint density at radius 1 is 1.23 bits per heavy atom. The van der Waals surface area contributed by atoms with Gasteiger partial charge in [-0.1, -0.05) is 24.3 Å². The highest BCUT2D eigenvalue weighted by Crippen LogP contribution is 2.24.